The molecule has 2 amide bonds. The molecule has 0 spiro atoms. The van der Waals surface area contributed by atoms with E-state index in [9.17, 15) is 31.5 Å². The number of alkyl halides is 5. The first kappa shape index (κ1) is 30.6. The lowest BCUT2D eigenvalue weighted by Crippen LogP contribution is -2.25. The van der Waals surface area contributed by atoms with Gasteiger partial charge in [-0.1, -0.05) is 32.6 Å². The smallest absolute Gasteiger partial charge is 0.383 e. The second kappa shape index (κ2) is 12.9. The van der Waals surface area contributed by atoms with Crippen molar-refractivity contribution < 1.29 is 36.1 Å². The quantitative estimate of drug-likeness (QED) is 0.0963. The first-order chi connectivity index (χ1) is 18.8. The Morgan fingerprint density at radius 1 is 1.00 bits per heavy atom. The van der Waals surface area contributed by atoms with Crippen LogP contribution in [0.3, 0.4) is 0 Å². The fraction of sp³-hybridized carbons (Fsp3) is 0.320. The van der Waals surface area contributed by atoms with Crippen molar-refractivity contribution in [1.29, 1.82) is 0 Å². The Hall–Kier alpha value is -3.93. The Kier molecular flexibility index (Phi) is 9.91. The summed E-state index contributed by atoms with van der Waals surface area (Å²) < 4.78 is 72.0. The molecule has 40 heavy (non-hydrogen) atoms. The van der Waals surface area contributed by atoms with Crippen LogP contribution >= 0.6 is 9.24 Å². The minimum atomic E-state index is -4.86. The molecule has 3 aromatic rings. The van der Waals surface area contributed by atoms with Gasteiger partial charge in [0.1, 0.15) is 5.84 Å². The van der Waals surface area contributed by atoms with E-state index in [4.69, 9.17) is 16.0 Å². The fourth-order valence-corrected chi connectivity index (χ4v) is 3.73. The highest BCUT2D eigenvalue weighted by Crippen LogP contribution is 2.40. The van der Waals surface area contributed by atoms with Gasteiger partial charge in [-0.3, -0.25) is 14.6 Å². The highest BCUT2D eigenvalue weighted by atomic mass is 31.0. The lowest BCUT2D eigenvalue weighted by atomic mass is 10.0. The number of carbonyl (C=O) groups excluding carboxylic acids is 2. The third-order valence-electron chi connectivity index (χ3n) is 5.60. The number of amidine groups is 1. The molecule has 1 aromatic heterocycles. The zero-order chi connectivity index (χ0) is 29.5. The van der Waals surface area contributed by atoms with Crippen molar-refractivity contribution in [2.45, 2.75) is 37.5 Å². The molecule has 0 aliphatic carbocycles. The van der Waals surface area contributed by atoms with Gasteiger partial charge in [-0.25, -0.2) is 0 Å². The van der Waals surface area contributed by atoms with E-state index < -0.39 is 28.9 Å². The fourth-order valence-electron chi connectivity index (χ4n) is 3.57. The number of carbonyl (C=O) groups is 2. The molecule has 214 valence electrons. The number of amides is 2. The average Bonchev–Trinajstić information content (AvgIpc) is 3.37. The molecule has 0 saturated carbocycles. The van der Waals surface area contributed by atoms with Crippen molar-refractivity contribution in [2.75, 3.05) is 13.1 Å². The van der Waals surface area contributed by atoms with Crippen molar-refractivity contribution in [3.63, 3.8) is 0 Å². The zero-order valence-electron chi connectivity index (χ0n) is 21.0. The highest BCUT2D eigenvalue weighted by Gasteiger charge is 2.35. The first-order valence-electron chi connectivity index (χ1n) is 11.9. The number of rotatable bonds is 12. The topological polar surface area (TPSA) is 149 Å². The molecule has 0 saturated heterocycles. The third-order valence-corrected chi connectivity index (χ3v) is 5.93. The third kappa shape index (κ3) is 8.54. The predicted octanol–water partition coefficient (Wildman–Crippen LogP) is 4.01. The summed E-state index contributed by atoms with van der Waals surface area (Å²) in [7, 11) is 1.19. The Morgan fingerprint density at radius 3 is 2.33 bits per heavy atom. The summed E-state index contributed by atoms with van der Waals surface area (Å²) in [6.07, 6.45) is -3.73. The summed E-state index contributed by atoms with van der Waals surface area (Å²) in [6.45, 7) is 0.705. The number of aryl methyl sites for hydroxylation is 1. The molecule has 1 unspecified atom stereocenters. The SMILES string of the molecule is NC(=O)c1ccccc1C(N)=NCCCCNC(=O)CCc1nc(-c2cc(C(F)(F)F)cc(C(F)(F)P)c2)no1. The van der Waals surface area contributed by atoms with Crippen molar-refractivity contribution in [3.05, 3.63) is 70.6 Å². The maximum Gasteiger partial charge on any atom is 0.416 e. The number of primary amides is 1. The van der Waals surface area contributed by atoms with Crippen molar-refractivity contribution in [2.24, 2.45) is 16.5 Å². The van der Waals surface area contributed by atoms with Crippen LogP contribution in [0.15, 0.2) is 52.0 Å². The van der Waals surface area contributed by atoms with E-state index in [0.29, 0.717) is 43.6 Å². The van der Waals surface area contributed by atoms with E-state index >= 15 is 0 Å². The molecule has 0 bridgehead atoms. The lowest BCUT2D eigenvalue weighted by molar-refractivity contribution is -0.137. The van der Waals surface area contributed by atoms with Crippen LogP contribution < -0.4 is 16.8 Å². The van der Waals surface area contributed by atoms with Gasteiger partial charge in [-0.15, -0.1) is 0 Å². The Bertz CT molecular complexity index is 1360. The molecule has 1 atom stereocenters. The maximum atomic E-state index is 13.7. The largest absolute Gasteiger partial charge is 0.416 e. The van der Waals surface area contributed by atoms with Gasteiger partial charge in [0.25, 0.3) is 5.66 Å². The second-order valence-corrected chi connectivity index (χ2v) is 9.39. The summed E-state index contributed by atoms with van der Waals surface area (Å²) in [4.78, 5) is 31.8. The minimum Gasteiger partial charge on any atom is -0.383 e. The molecule has 15 heteroatoms. The number of unbranched alkanes of at least 4 members (excludes halogenated alkanes) is 1. The summed E-state index contributed by atoms with van der Waals surface area (Å²) in [5.74, 6) is -1.11. The van der Waals surface area contributed by atoms with Gasteiger partial charge in [0.15, 0.2) is 0 Å². The number of benzene rings is 2. The van der Waals surface area contributed by atoms with E-state index in [1.807, 2.05) is 0 Å². The summed E-state index contributed by atoms with van der Waals surface area (Å²) in [5, 5.41) is 6.28. The highest BCUT2D eigenvalue weighted by molar-refractivity contribution is 7.17. The number of aromatic nitrogens is 2. The lowest BCUT2D eigenvalue weighted by Gasteiger charge is -2.15. The van der Waals surface area contributed by atoms with Crippen LogP contribution in [-0.4, -0.2) is 40.9 Å². The summed E-state index contributed by atoms with van der Waals surface area (Å²) in [5.41, 5.74) is 5.95. The summed E-state index contributed by atoms with van der Waals surface area (Å²) in [6, 6.07) is 8.42. The number of halogens is 5. The van der Waals surface area contributed by atoms with Crippen molar-refractivity contribution in [3.8, 4) is 11.4 Å². The van der Waals surface area contributed by atoms with Gasteiger partial charge in [0, 0.05) is 48.2 Å². The molecule has 9 nitrogen and oxygen atoms in total. The van der Waals surface area contributed by atoms with E-state index in [-0.39, 0.29) is 47.4 Å². The number of nitrogens with zero attached hydrogens (tertiary/aromatic N) is 3. The molecule has 1 heterocycles. The second-order valence-electron chi connectivity index (χ2n) is 8.67. The standard InChI is InChI=1S/C25H26F5N6O3P/c26-24(27,28)15-11-14(12-16(13-15)25(29,30)40)23-35-20(39-36-23)8-7-19(37)33-9-3-4-10-34-21(31)17-5-1-2-6-18(17)22(32)38/h1-2,5-6,11-13H,3-4,7-10,40H2,(H2,31,34)(H2,32,38)(H,33,37). The van der Waals surface area contributed by atoms with Crippen LogP contribution in [0.2, 0.25) is 0 Å². The molecular weight excluding hydrogens is 558 g/mol. The van der Waals surface area contributed by atoms with Crippen molar-refractivity contribution in [1.82, 2.24) is 15.5 Å². The molecule has 0 aliphatic heterocycles. The number of hydrogen-bond acceptors (Lipinski definition) is 6. The van der Waals surface area contributed by atoms with Crippen LogP contribution in [0.25, 0.3) is 11.4 Å². The molecule has 0 radical (unpaired) electrons. The molecule has 3 rings (SSSR count). The van der Waals surface area contributed by atoms with Gasteiger partial charge in [0.05, 0.1) is 5.56 Å². The summed E-state index contributed by atoms with van der Waals surface area (Å²) >= 11 is 0. The zero-order valence-corrected chi connectivity index (χ0v) is 22.1. The molecule has 0 fully saturated rings. The van der Waals surface area contributed by atoms with E-state index in [0.717, 1.165) is 6.07 Å². The average molecular weight is 584 g/mol. The monoisotopic (exact) mass is 584 g/mol. The molecular formula is C25H26F5N6O3P. The van der Waals surface area contributed by atoms with Gasteiger partial charge in [-0.2, -0.15) is 26.9 Å². The Morgan fingerprint density at radius 2 is 1.68 bits per heavy atom. The Labute approximate surface area is 227 Å². The number of nitrogens with one attached hydrogen (secondary N) is 1. The number of aliphatic imine (C=N–C) groups is 1. The van der Waals surface area contributed by atoms with Gasteiger partial charge in [-0.05, 0) is 37.1 Å². The van der Waals surface area contributed by atoms with Crippen LogP contribution in [0.1, 0.15) is 52.2 Å². The maximum absolute atomic E-state index is 13.7. The minimum absolute atomic E-state index is 0.00938. The normalized spacial score (nSPS) is 12.4. The van der Waals surface area contributed by atoms with Crippen LogP contribution in [0.4, 0.5) is 22.0 Å². The van der Waals surface area contributed by atoms with Crippen LogP contribution in [0.5, 0.6) is 0 Å². The van der Waals surface area contributed by atoms with Crippen LogP contribution in [0, 0.1) is 0 Å². The molecule has 0 aliphatic rings. The van der Waals surface area contributed by atoms with Gasteiger partial charge in [0.2, 0.25) is 23.5 Å². The van der Waals surface area contributed by atoms with Gasteiger partial charge >= 0.3 is 6.18 Å². The van der Waals surface area contributed by atoms with Gasteiger partial charge < -0.3 is 21.3 Å². The van der Waals surface area contributed by atoms with E-state index in [2.05, 4.69) is 20.4 Å². The predicted molar refractivity (Wildman–Crippen MR) is 139 cm³/mol. The molecule has 5 N–H and O–H groups in total. The van der Waals surface area contributed by atoms with Crippen molar-refractivity contribution >= 4 is 26.9 Å². The Balaban J connectivity index is 1.47. The number of hydrogen-bond donors (Lipinski definition) is 3. The van der Waals surface area contributed by atoms with E-state index in [1.165, 1.54) is 9.24 Å². The van der Waals surface area contributed by atoms with Crippen LogP contribution in [-0.2, 0) is 23.1 Å². The molecule has 2 aromatic carbocycles. The van der Waals surface area contributed by atoms with E-state index in [1.54, 1.807) is 24.3 Å². The first-order valence-corrected chi connectivity index (χ1v) is 12.5. The number of nitrogens with two attached hydrogens (primary N) is 2.